The second kappa shape index (κ2) is 7.77. The molecule has 3 aromatic rings. The zero-order chi connectivity index (χ0) is 16.8. The molecule has 0 saturated heterocycles. The lowest BCUT2D eigenvalue weighted by Gasteiger charge is -2.25. The molecule has 0 aliphatic heterocycles. The first-order valence-corrected chi connectivity index (χ1v) is 8.04. The van der Waals surface area contributed by atoms with E-state index in [-0.39, 0.29) is 11.8 Å². The summed E-state index contributed by atoms with van der Waals surface area (Å²) in [6, 6.07) is 26.4. The molecule has 0 saturated carbocycles. The molecule has 0 bridgehead atoms. The first-order chi connectivity index (χ1) is 11.8. The lowest BCUT2D eigenvalue weighted by molar-refractivity contribution is 0.127. The number of benzene rings is 3. The summed E-state index contributed by atoms with van der Waals surface area (Å²) in [6.07, 6.45) is -0.681. The van der Waals surface area contributed by atoms with Crippen molar-refractivity contribution in [2.45, 2.75) is 18.7 Å². The normalized spacial score (nSPS) is 13.4. The zero-order valence-electron chi connectivity index (χ0n) is 13.3. The van der Waals surface area contributed by atoms with Crippen LogP contribution in [-0.2, 0) is 6.54 Å². The molecule has 2 atom stereocenters. The number of para-hydroxylation sites is 1. The highest BCUT2D eigenvalue weighted by atomic mass is 16.3. The molecule has 24 heavy (non-hydrogen) atoms. The van der Waals surface area contributed by atoms with E-state index in [0.29, 0.717) is 6.54 Å². The van der Waals surface area contributed by atoms with Gasteiger partial charge in [-0.25, -0.2) is 0 Å². The Morgan fingerprint density at radius 2 is 1.25 bits per heavy atom. The Labute approximate surface area is 142 Å². The van der Waals surface area contributed by atoms with E-state index >= 15 is 0 Å². The Hall–Kier alpha value is -2.62. The predicted octanol–water partition coefficient (Wildman–Crippen LogP) is 3.96. The minimum absolute atomic E-state index is 0.256. The Bertz CT molecular complexity index is 759. The largest absolute Gasteiger partial charge is 0.508 e. The highest BCUT2D eigenvalue weighted by molar-refractivity contribution is 5.32. The third kappa shape index (κ3) is 3.82. The van der Waals surface area contributed by atoms with Crippen LogP contribution in [0.25, 0.3) is 0 Å². The van der Waals surface area contributed by atoms with Gasteiger partial charge in [-0.1, -0.05) is 78.9 Å². The molecule has 0 radical (unpaired) electrons. The van der Waals surface area contributed by atoms with E-state index in [4.69, 9.17) is 0 Å². The van der Waals surface area contributed by atoms with Crippen LogP contribution in [0.5, 0.6) is 5.75 Å². The highest BCUT2D eigenvalue weighted by Crippen LogP contribution is 2.29. The fourth-order valence-corrected chi connectivity index (χ4v) is 2.80. The fraction of sp³-hybridized carbons (Fsp3) is 0.143. The maximum absolute atomic E-state index is 10.9. The Kier molecular flexibility index (Phi) is 5.26. The summed E-state index contributed by atoms with van der Waals surface area (Å²) in [6.45, 7) is 0.468. The maximum Gasteiger partial charge on any atom is 0.120 e. The average Bonchev–Trinajstić information content (AvgIpc) is 2.65. The third-order valence-electron chi connectivity index (χ3n) is 4.12. The van der Waals surface area contributed by atoms with Gasteiger partial charge in [0.25, 0.3) is 0 Å². The van der Waals surface area contributed by atoms with Crippen LogP contribution >= 0.6 is 0 Å². The fourth-order valence-electron chi connectivity index (χ4n) is 2.80. The van der Waals surface area contributed by atoms with Crippen molar-refractivity contribution < 1.29 is 10.2 Å². The van der Waals surface area contributed by atoms with Crippen LogP contribution in [0, 0.1) is 0 Å². The minimum Gasteiger partial charge on any atom is -0.508 e. The summed E-state index contributed by atoms with van der Waals surface area (Å²) >= 11 is 0. The van der Waals surface area contributed by atoms with E-state index in [1.54, 1.807) is 12.1 Å². The molecule has 3 nitrogen and oxygen atoms in total. The molecule has 0 heterocycles. The Balaban J connectivity index is 1.84. The van der Waals surface area contributed by atoms with Crippen LogP contribution in [0.4, 0.5) is 0 Å². The topological polar surface area (TPSA) is 52.5 Å². The number of nitrogens with one attached hydrogen (secondary N) is 1. The van der Waals surface area contributed by atoms with Crippen LogP contribution in [0.2, 0.25) is 0 Å². The standard InChI is InChI=1S/C21H21NO2/c23-19-14-8-7-13-18(19)15-22-20(16-9-3-1-4-10-16)21(24)17-11-5-2-6-12-17/h1-14,20-24H,15H2/t20-,21+/m1/s1. The number of aliphatic hydroxyl groups is 1. The van der Waals surface area contributed by atoms with E-state index in [1.807, 2.05) is 72.8 Å². The van der Waals surface area contributed by atoms with Gasteiger partial charge in [-0.3, -0.25) is 0 Å². The van der Waals surface area contributed by atoms with Gasteiger partial charge in [0.05, 0.1) is 12.1 Å². The number of aromatic hydroxyl groups is 1. The van der Waals surface area contributed by atoms with Gasteiger partial charge in [0.2, 0.25) is 0 Å². The van der Waals surface area contributed by atoms with Crippen molar-refractivity contribution in [2.24, 2.45) is 0 Å². The van der Waals surface area contributed by atoms with Crippen molar-refractivity contribution in [3.05, 3.63) is 102 Å². The summed E-state index contributed by atoms with van der Waals surface area (Å²) in [5, 5.41) is 24.2. The molecule has 0 aliphatic carbocycles. The second-order valence-electron chi connectivity index (χ2n) is 5.75. The van der Waals surface area contributed by atoms with Crippen LogP contribution in [0.3, 0.4) is 0 Å². The third-order valence-corrected chi connectivity index (χ3v) is 4.12. The maximum atomic E-state index is 10.9. The molecule has 3 rings (SSSR count). The van der Waals surface area contributed by atoms with Gasteiger partial charge in [-0.05, 0) is 17.2 Å². The van der Waals surface area contributed by atoms with Crippen LogP contribution in [-0.4, -0.2) is 10.2 Å². The van der Waals surface area contributed by atoms with Gasteiger partial charge in [0.15, 0.2) is 0 Å². The van der Waals surface area contributed by atoms with Crippen LogP contribution in [0.15, 0.2) is 84.9 Å². The van der Waals surface area contributed by atoms with E-state index in [1.165, 1.54) is 0 Å². The van der Waals surface area contributed by atoms with Crippen LogP contribution < -0.4 is 5.32 Å². The molecule has 3 N–H and O–H groups in total. The van der Waals surface area contributed by atoms with Crippen molar-refractivity contribution in [3.63, 3.8) is 0 Å². The predicted molar refractivity (Wildman–Crippen MR) is 95.5 cm³/mol. The molecule has 0 aliphatic rings. The summed E-state index contributed by atoms with van der Waals surface area (Å²) in [5.41, 5.74) is 2.67. The van der Waals surface area contributed by atoms with E-state index < -0.39 is 6.10 Å². The van der Waals surface area contributed by atoms with Crippen molar-refractivity contribution in [1.29, 1.82) is 0 Å². The highest BCUT2D eigenvalue weighted by Gasteiger charge is 2.22. The molecule has 0 amide bonds. The van der Waals surface area contributed by atoms with Crippen LogP contribution in [0.1, 0.15) is 28.8 Å². The van der Waals surface area contributed by atoms with Gasteiger partial charge in [-0.15, -0.1) is 0 Å². The monoisotopic (exact) mass is 319 g/mol. The van der Waals surface area contributed by atoms with E-state index in [9.17, 15) is 10.2 Å². The van der Waals surface area contributed by atoms with E-state index in [2.05, 4.69) is 5.32 Å². The average molecular weight is 319 g/mol. The van der Waals surface area contributed by atoms with Gasteiger partial charge in [0, 0.05) is 12.1 Å². The summed E-state index contributed by atoms with van der Waals surface area (Å²) in [5.74, 6) is 0.256. The lowest BCUT2D eigenvalue weighted by Crippen LogP contribution is -2.27. The number of aliphatic hydroxyl groups excluding tert-OH is 1. The summed E-state index contributed by atoms with van der Waals surface area (Å²) in [7, 11) is 0. The smallest absolute Gasteiger partial charge is 0.120 e. The number of hydrogen-bond acceptors (Lipinski definition) is 3. The number of hydrogen-bond donors (Lipinski definition) is 3. The summed E-state index contributed by atoms with van der Waals surface area (Å²) in [4.78, 5) is 0. The Morgan fingerprint density at radius 1 is 0.708 bits per heavy atom. The molecular weight excluding hydrogens is 298 g/mol. The molecule has 3 aromatic carbocycles. The molecule has 0 aromatic heterocycles. The van der Waals surface area contributed by atoms with Gasteiger partial charge < -0.3 is 15.5 Å². The zero-order valence-corrected chi connectivity index (χ0v) is 13.3. The lowest BCUT2D eigenvalue weighted by atomic mass is 9.95. The first kappa shape index (κ1) is 16.2. The molecule has 3 heteroatoms. The minimum atomic E-state index is -0.681. The van der Waals surface area contributed by atoms with Gasteiger partial charge in [0.1, 0.15) is 5.75 Å². The molecule has 122 valence electrons. The molecular formula is C21H21NO2. The molecule has 0 spiro atoms. The summed E-state index contributed by atoms with van der Waals surface area (Å²) < 4.78 is 0. The SMILES string of the molecule is Oc1ccccc1CN[C@H](c1ccccc1)[C@@H](O)c1ccccc1. The van der Waals surface area contributed by atoms with Crippen molar-refractivity contribution in [3.8, 4) is 5.75 Å². The number of phenols is 1. The van der Waals surface area contributed by atoms with Gasteiger partial charge in [-0.2, -0.15) is 0 Å². The Morgan fingerprint density at radius 3 is 1.88 bits per heavy atom. The van der Waals surface area contributed by atoms with Crippen molar-refractivity contribution in [1.82, 2.24) is 5.32 Å². The van der Waals surface area contributed by atoms with Gasteiger partial charge >= 0.3 is 0 Å². The number of phenolic OH excluding ortho intramolecular Hbond substituents is 1. The molecule has 0 fully saturated rings. The van der Waals surface area contributed by atoms with Crippen molar-refractivity contribution in [2.75, 3.05) is 0 Å². The molecule has 0 unspecified atom stereocenters. The first-order valence-electron chi connectivity index (χ1n) is 8.04. The quantitative estimate of drug-likeness (QED) is 0.645. The number of rotatable bonds is 6. The van der Waals surface area contributed by atoms with Crippen molar-refractivity contribution >= 4 is 0 Å². The second-order valence-corrected chi connectivity index (χ2v) is 5.75. The van der Waals surface area contributed by atoms with E-state index in [0.717, 1.165) is 16.7 Å².